The van der Waals surface area contributed by atoms with Crippen LogP contribution in [0.15, 0.2) is 48.5 Å². The Hall–Kier alpha value is -4.76. The Labute approximate surface area is 342 Å². The van der Waals surface area contributed by atoms with E-state index in [1.165, 1.54) is 28.7 Å². The van der Waals surface area contributed by atoms with Gasteiger partial charge in [0.15, 0.2) is 39.2 Å². The molecular formula is C41H52FN9O4S2. The molecule has 0 saturated carbocycles. The number of nitrogens with zero attached hydrogens (tertiary/aromatic N) is 8. The zero-order chi connectivity index (χ0) is 41.1. The number of carboxylic acid groups (broad SMARTS) is 1. The van der Waals surface area contributed by atoms with Crippen LogP contribution < -0.4 is 15.0 Å². The van der Waals surface area contributed by atoms with E-state index in [1.54, 1.807) is 17.0 Å². The molecule has 0 fully saturated rings. The van der Waals surface area contributed by atoms with Gasteiger partial charge in [-0.3, -0.25) is 9.80 Å². The highest BCUT2D eigenvalue weighted by atomic mass is 32.1. The minimum atomic E-state index is -1.17. The molecule has 2 unspecified atom stereocenters. The number of rotatable bonds is 20. The SMILES string of the molecule is CCN(CC)N(CC)C(C)CC(O)CN(c1cc(C)c(Nc2nc3ccccc3s2)nn1)c1nc(C(=O)O)c(CCCOc2ccc(C#CCN(C)C)cc2F)s1. The van der Waals surface area contributed by atoms with E-state index in [2.05, 4.69) is 75.0 Å². The van der Waals surface area contributed by atoms with E-state index in [-0.39, 0.29) is 30.6 Å². The first-order valence-corrected chi connectivity index (χ1v) is 20.8. The zero-order valence-electron chi connectivity index (χ0n) is 33.6. The van der Waals surface area contributed by atoms with Crippen LogP contribution in [0.2, 0.25) is 0 Å². The van der Waals surface area contributed by atoms with E-state index in [4.69, 9.17) is 4.74 Å². The third-order valence-corrected chi connectivity index (χ3v) is 11.3. The number of aromatic carboxylic acids is 1. The van der Waals surface area contributed by atoms with E-state index in [1.807, 2.05) is 56.3 Å². The monoisotopic (exact) mass is 817 g/mol. The van der Waals surface area contributed by atoms with Crippen LogP contribution in [0.25, 0.3) is 10.2 Å². The summed E-state index contributed by atoms with van der Waals surface area (Å²) in [6.07, 6.45) is 0.371. The fourth-order valence-electron chi connectivity index (χ4n) is 6.40. The lowest BCUT2D eigenvalue weighted by molar-refractivity contribution is -0.0559. The van der Waals surface area contributed by atoms with Crippen molar-refractivity contribution < 1.29 is 24.1 Å². The molecule has 0 aliphatic rings. The molecule has 0 aliphatic heterocycles. The maximum atomic E-state index is 14.8. The van der Waals surface area contributed by atoms with E-state index in [9.17, 15) is 19.4 Å². The van der Waals surface area contributed by atoms with Gasteiger partial charge in [0.05, 0.1) is 36.0 Å². The average molecular weight is 818 g/mol. The quantitative estimate of drug-likeness (QED) is 0.0414. The van der Waals surface area contributed by atoms with E-state index in [0.717, 1.165) is 35.4 Å². The van der Waals surface area contributed by atoms with Crippen molar-refractivity contribution in [2.75, 3.05) is 63.6 Å². The number of benzene rings is 2. The number of anilines is 4. The molecule has 3 N–H and O–H groups in total. The Bertz CT molecular complexity index is 2130. The van der Waals surface area contributed by atoms with Crippen LogP contribution in [0, 0.1) is 24.6 Å². The molecule has 3 heterocycles. The average Bonchev–Trinajstić information content (AvgIpc) is 3.80. The number of para-hydroxylation sites is 1. The second kappa shape index (κ2) is 20.6. The van der Waals surface area contributed by atoms with Gasteiger partial charge in [-0.1, -0.05) is 56.1 Å². The van der Waals surface area contributed by atoms with Crippen LogP contribution in [0.5, 0.6) is 5.75 Å². The molecule has 3 aromatic heterocycles. The highest BCUT2D eigenvalue weighted by Gasteiger charge is 2.27. The first-order chi connectivity index (χ1) is 27.4. The lowest BCUT2D eigenvalue weighted by Gasteiger charge is -2.38. The summed E-state index contributed by atoms with van der Waals surface area (Å²) in [5.74, 6) is 5.29. The number of hydrazine groups is 1. The van der Waals surface area contributed by atoms with E-state index >= 15 is 0 Å². The molecule has 2 atom stereocenters. The summed E-state index contributed by atoms with van der Waals surface area (Å²) in [5, 5.41) is 39.7. The Morgan fingerprint density at radius 2 is 1.81 bits per heavy atom. The summed E-state index contributed by atoms with van der Waals surface area (Å²) >= 11 is 2.73. The van der Waals surface area contributed by atoms with E-state index in [0.29, 0.717) is 58.1 Å². The fraction of sp³-hybridized carbons (Fsp3) is 0.439. The lowest BCUT2D eigenvalue weighted by atomic mass is 10.1. The fourth-order valence-corrected chi connectivity index (χ4v) is 8.38. The van der Waals surface area contributed by atoms with Gasteiger partial charge in [-0.2, -0.15) is 0 Å². The summed E-state index contributed by atoms with van der Waals surface area (Å²) < 4.78 is 21.6. The Morgan fingerprint density at radius 3 is 2.47 bits per heavy atom. The van der Waals surface area contributed by atoms with Crippen molar-refractivity contribution >= 4 is 60.8 Å². The van der Waals surface area contributed by atoms with E-state index < -0.39 is 17.9 Å². The minimum Gasteiger partial charge on any atom is -0.491 e. The number of carbonyl (C=O) groups is 1. The first-order valence-electron chi connectivity index (χ1n) is 19.1. The van der Waals surface area contributed by atoms with Crippen molar-refractivity contribution in [1.82, 2.24) is 35.1 Å². The second-order valence-electron chi connectivity index (χ2n) is 13.8. The third kappa shape index (κ3) is 11.7. The number of thiazole rings is 2. The number of hydrogen-bond donors (Lipinski definition) is 3. The normalized spacial score (nSPS) is 12.6. The molecule has 0 amide bonds. The summed E-state index contributed by atoms with van der Waals surface area (Å²) in [6.45, 7) is 13.6. The van der Waals surface area contributed by atoms with Gasteiger partial charge in [0.25, 0.3) is 0 Å². The maximum absolute atomic E-state index is 14.8. The van der Waals surface area contributed by atoms with Gasteiger partial charge in [-0.05, 0) is 89.2 Å². The molecule has 13 nitrogen and oxygen atoms in total. The van der Waals surface area contributed by atoms with Gasteiger partial charge < -0.3 is 20.3 Å². The Balaban J connectivity index is 1.36. The number of carboxylic acids is 1. The number of hydrogen-bond acceptors (Lipinski definition) is 14. The first kappa shape index (κ1) is 43.4. The second-order valence-corrected chi connectivity index (χ2v) is 15.9. The van der Waals surface area contributed by atoms with Gasteiger partial charge in [-0.25, -0.2) is 29.2 Å². The molecule has 0 aliphatic carbocycles. The summed E-state index contributed by atoms with van der Waals surface area (Å²) in [7, 11) is 3.82. The molecule has 0 bridgehead atoms. The standard InChI is InChI=1S/C41H52FN9O4S2/c1-8-49(9-2)51(10-3)28(5)24-30(52)26-50(36-23-27(4)38(47-46-36)45-40-43-32-16-11-12-17-34(32)56-40)41-44-37(39(53)54)35(57-41)18-14-22-55-33-20-19-29(25-31(33)42)15-13-21-48(6)7/h11-12,16-17,19-20,23,25,28,30,52H,8-10,14,18,21-22,24,26H2,1-7H3,(H,53,54)(H,43,45,47). The molecule has 5 aromatic rings. The zero-order valence-corrected chi connectivity index (χ0v) is 35.3. The number of aliphatic hydroxyl groups excluding tert-OH is 1. The van der Waals surface area contributed by atoms with Crippen molar-refractivity contribution in [3.05, 3.63) is 76.0 Å². The highest BCUT2D eigenvalue weighted by molar-refractivity contribution is 7.22. The molecule has 5 rings (SSSR count). The van der Waals surface area contributed by atoms with Crippen molar-refractivity contribution in [1.29, 1.82) is 0 Å². The number of ether oxygens (including phenoxy) is 1. The maximum Gasteiger partial charge on any atom is 0.355 e. The number of aliphatic hydroxyl groups is 1. The molecular weight excluding hydrogens is 766 g/mol. The van der Waals surface area contributed by atoms with Crippen molar-refractivity contribution in [3.8, 4) is 17.6 Å². The van der Waals surface area contributed by atoms with Gasteiger partial charge >= 0.3 is 5.97 Å². The number of halogens is 1. The number of aromatic nitrogens is 4. The van der Waals surface area contributed by atoms with Gasteiger partial charge in [0, 0.05) is 36.1 Å². The number of aryl methyl sites for hydroxylation is 2. The lowest BCUT2D eigenvalue weighted by Crippen LogP contribution is -2.49. The van der Waals surface area contributed by atoms with Crippen LogP contribution in [0.1, 0.15) is 67.0 Å². The molecule has 0 saturated heterocycles. The van der Waals surface area contributed by atoms with Crippen LogP contribution in [-0.2, 0) is 6.42 Å². The van der Waals surface area contributed by atoms with Crippen molar-refractivity contribution in [2.24, 2.45) is 0 Å². The smallest absolute Gasteiger partial charge is 0.355 e. The summed E-state index contributed by atoms with van der Waals surface area (Å²) in [6, 6.07) is 14.3. The van der Waals surface area contributed by atoms with Crippen molar-refractivity contribution in [2.45, 2.75) is 66.0 Å². The van der Waals surface area contributed by atoms with Gasteiger partial charge in [0.2, 0.25) is 0 Å². The van der Waals surface area contributed by atoms with Crippen LogP contribution in [0.3, 0.4) is 0 Å². The molecule has 0 radical (unpaired) electrons. The molecule has 16 heteroatoms. The summed E-state index contributed by atoms with van der Waals surface area (Å²) in [5.41, 5.74) is 2.12. The topological polar surface area (TPSA) is 143 Å². The van der Waals surface area contributed by atoms with Crippen LogP contribution in [0.4, 0.5) is 26.3 Å². The Morgan fingerprint density at radius 1 is 1.04 bits per heavy atom. The number of nitrogens with one attached hydrogen (secondary N) is 1. The van der Waals surface area contributed by atoms with Gasteiger partial charge in [0.1, 0.15) is 0 Å². The molecule has 2 aromatic carbocycles. The molecule has 0 spiro atoms. The Kier molecular flexibility index (Phi) is 15.7. The number of fused-ring (bicyclic) bond motifs is 1. The third-order valence-electron chi connectivity index (χ3n) is 9.19. The predicted octanol–water partition coefficient (Wildman–Crippen LogP) is 7.21. The summed E-state index contributed by atoms with van der Waals surface area (Å²) in [4.78, 5) is 25.9. The van der Waals surface area contributed by atoms with Crippen LogP contribution in [-0.4, -0.2) is 117 Å². The minimum absolute atomic E-state index is 0.0263. The van der Waals surface area contributed by atoms with Gasteiger partial charge in [-0.15, -0.1) is 21.5 Å². The van der Waals surface area contributed by atoms with Crippen molar-refractivity contribution in [3.63, 3.8) is 0 Å². The highest BCUT2D eigenvalue weighted by Crippen LogP contribution is 2.35. The largest absolute Gasteiger partial charge is 0.491 e. The van der Waals surface area contributed by atoms with Crippen LogP contribution >= 0.6 is 22.7 Å². The molecule has 304 valence electrons. The molecule has 57 heavy (non-hydrogen) atoms. The predicted molar refractivity (Wildman–Crippen MR) is 227 cm³/mol.